The number of benzene rings is 1. The normalized spacial score (nSPS) is 12.2. The van der Waals surface area contributed by atoms with Gasteiger partial charge in [0.25, 0.3) is 0 Å². The summed E-state index contributed by atoms with van der Waals surface area (Å²) in [6.45, 7) is 2.11. The highest BCUT2D eigenvalue weighted by Crippen LogP contribution is 2.22. The van der Waals surface area contributed by atoms with Crippen molar-refractivity contribution in [2.24, 2.45) is 0 Å². The zero-order valence-electron chi connectivity index (χ0n) is 9.73. The van der Waals surface area contributed by atoms with Gasteiger partial charge in [0.2, 0.25) is 5.91 Å². The van der Waals surface area contributed by atoms with E-state index < -0.39 is 0 Å². The summed E-state index contributed by atoms with van der Waals surface area (Å²) in [7, 11) is 3.63. The Kier molecular flexibility index (Phi) is 4.35. The average molecular weight is 205 g/mol. The fraction of sp³-hybridized carbons (Fsp3) is 0.462. The van der Waals surface area contributed by atoms with E-state index in [9.17, 15) is 4.79 Å². The Balaban J connectivity index is 2.88. The van der Waals surface area contributed by atoms with Gasteiger partial charge in [-0.3, -0.25) is 4.79 Å². The van der Waals surface area contributed by atoms with Crippen molar-refractivity contribution < 1.29 is 4.79 Å². The molecular weight excluding hydrogens is 186 g/mol. The molecule has 0 bridgehead atoms. The van der Waals surface area contributed by atoms with Crippen molar-refractivity contribution in [2.45, 2.75) is 25.7 Å². The molecule has 0 aliphatic heterocycles. The number of carbonyl (C=O) groups is 1. The molecule has 0 aromatic heterocycles. The number of hydrogen-bond acceptors (Lipinski definition) is 1. The summed E-state index contributed by atoms with van der Waals surface area (Å²) >= 11 is 0. The van der Waals surface area contributed by atoms with Crippen molar-refractivity contribution in [2.75, 3.05) is 14.1 Å². The van der Waals surface area contributed by atoms with E-state index in [4.69, 9.17) is 0 Å². The molecule has 1 unspecified atom stereocenters. The minimum absolute atomic E-state index is 0.0196. The summed E-state index contributed by atoms with van der Waals surface area (Å²) in [4.78, 5) is 13.6. The second-order valence-electron chi connectivity index (χ2n) is 3.98. The summed E-state index contributed by atoms with van der Waals surface area (Å²) in [6, 6.07) is 10.0. The van der Waals surface area contributed by atoms with E-state index in [1.165, 1.54) is 0 Å². The molecule has 0 saturated heterocycles. The molecule has 0 fully saturated rings. The molecule has 0 saturated carbocycles. The van der Waals surface area contributed by atoms with E-state index in [1.54, 1.807) is 4.90 Å². The van der Waals surface area contributed by atoms with Crippen LogP contribution in [0.15, 0.2) is 30.3 Å². The van der Waals surface area contributed by atoms with Crippen LogP contribution in [-0.4, -0.2) is 24.9 Å². The number of amides is 1. The van der Waals surface area contributed by atoms with Gasteiger partial charge in [-0.25, -0.2) is 0 Å². The Morgan fingerprint density at radius 1 is 1.27 bits per heavy atom. The van der Waals surface area contributed by atoms with Gasteiger partial charge in [0.05, 0.1) is 5.92 Å². The number of carbonyl (C=O) groups excluding carboxylic acids is 1. The zero-order valence-corrected chi connectivity index (χ0v) is 9.73. The zero-order chi connectivity index (χ0) is 11.3. The largest absolute Gasteiger partial charge is 0.348 e. The van der Waals surface area contributed by atoms with Crippen LogP contribution in [0.2, 0.25) is 0 Å². The molecule has 15 heavy (non-hydrogen) atoms. The van der Waals surface area contributed by atoms with Gasteiger partial charge >= 0.3 is 0 Å². The van der Waals surface area contributed by atoms with Gasteiger partial charge in [0, 0.05) is 14.1 Å². The topological polar surface area (TPSA) is 20.3 Å². The number of likely N-dealkylation sites (N-methyl/N-ethyl adjacent to an activating group) is 1. The van der Waals surface area contributed by atoms with E-state index in [1.807, 2.05) is 44.4 Å². The van der Waals surface area contributed by atoms with Crippen molar-refractivity contribution in [1.82, 2.24) is 4.90 Å². The fourth-order valence-electron chi connectivity index (χ4n) is 1.72. The second-order valence-corrected chi connectivity index (χ2v) is 3.98. The highest BCUT2D eigenvalue weighted by molar-refractivity contribution is 5.83. The molecule has 1 atom stereocenters. The predicted molar refractivity (Wildman–Crippen MR) is 62.8 cm³/mol. The van der Waals surface area contributed by atoms with E-state index >= 15 is 0 Å². The monoisotopic (exact) mass is 205 g/mol. The third kappa shape index (κ3) is 3.08. The van der Waals surface area contributed by atoms with Crippen LogP contribution in [0.3, 0.4) is 0 Å². The molecule has 0 aliphatic rings. The van der Waals surface area contributed by atoms with Crippen LogP contribution in [0.4, 0.5) is 0 Å². The van der Waals surface area contributed by atoms with Crippen LogP contribution in [0.5, 0.6) is 0 Å². The highest BCUT2D eigenvalue weighted by Gasteiger charge is 2.20. The molecule has 1 amide bonds. The van der Waals surface area contributed by atoms with Gasteiger partial charge in [-0.1, -0.05) is 43.7 Å². The lowest BCUT2D eigenvalue weighted by Gasteiger charge is -2.20. The van der Waals surface area contributed by atoms with Crippen LogP contribution in [-0.2, 0) is 4.79 Å². The van der Waals surface area contributed by atoms with E-state index in [-0.39, 0.29) is 11.8 Å². The molecule has 0 N–H and O–H groups in total. The third-order valence-electron chi connectivity index (χ3n) is 2.52. The standard InChI is InChI=1S/C13H19NO/c1-4-8-12(13(15)14(2)3)11-9-6-5-7-10-11/h5-7,9-10,12H,4,8H2,1-3H3. The summed E-state index contributed by atoms with van der Waals surface area (Å²) in [6.07, 6.45) is 1.94. The predicted octanol–water partition coefficient (Wildman–Crippen LogP) is 2.66. The minimum Gasteiger partial charge on any atom is -0.348 e. The first-order valence-electron chi connectivity index (χ1n) is 5.43. The molecule has 82 valence electrons. The van der Waals surface area contributed by atoms with E-state index in [2.05, 4.69) is 6.92 Å². The lowest BCUT2D eigenvalue weighted by atomic mass is 9.93. The van der Waals surface area contributed by atoms with Crippen molar-refractivity contribution >= 4 is 5.91 Å². The molecule has 2 heteroatoms. The van der Waals surface area contributed by atoms with Crippen LogP contribution in [0, 0.1) is 0 Å². The van der Waals surface area contributed by atoms with E-state index in [0.717, 1.165) is 18.4 Å². The third-order valence-corrected chi connectivity index (χ3v) is 2.52. The minimum atomic E-state index is 0.0196. The van der Waals surface area contributed by atoms with Gasteiger partial charge < -0.3 is 4.90 Å². The summed E-state index contributed by atoms with van der Waals surface area (Å²) < 4.78 is 0. The average Bonchev–Trinajstić information content (AvgIpc) is 2.26. The van der Waals surface area contributed by atoms with Crippen LogP contribution < -0.4 is 0 Å². The van der Waals surface area contributed by atoms with Crippen molar-refractivity contribution in [3.8, 4) is 0 Å². The second kappa shape index (κ2) is 5.54. The Morgan fingerprint density at radius 3 is 2.33 bits per heavy atom. The first-order valence-corrected chi connectivity index (χ1v) is 5.43. The maximum absolute atomic E-state index is 12.0. The Labute approximate surface area is 91.9 Å². The molecule has 0 heterocycles. The van der Waals surface area contributed by atoms with Crippen molar-refractivity contribution in [3.05, 3.63) is 35.9 Å². The highest BCUT2D eigenvalue weighted by atomic mass is 16.2. The molecule has 0 aliphatic carbocycles. The summed E-state index contributed by atoms with van der Waals surface area (Å²) in [5.74, 6) is 0.217. The van der Waals surface area contributed by atoms with Crippen molar-refractivity contribution in [3.63, 3.8) is 0 Å². The summed E-state index contributed by atoms with van der Waals surface area (Å²) in [5, 5.41) is 0. The van der Waals surface area contributed by atoms with Gasteiger partial charge in [0.15, 0.2) is 0 Å². The van der Waals surface area contributed by atoms with Gasteiger partial charge in [-0.15, -0.1) is 0 Å². The Bertz CT molecular complexity index is 306. The van der Waals surface area contributed by atoms with Gasteiger partial charge in [-0.05, 0) is 12.0 Å². The van der Waals surface area contributed by atoms with Crippen LogP contribution in [0.1, 0.15) is 31.2 Å². The van der Waals surface area contributed by atoms with Crippen LogP contribution in [0.25, 0.3) is 0 Å². The lowest BCUT2D eigenvalue weighted by molar-refractivity contribution is -0.130. The summed E-state index contributed by atoms with van der Waals surface area (Å²) in [5.41, 5.74) is 1.12. The molecule has 1 aromatic carbocycles. The van der Waals surface area contributed by atoms with E-state index in [0.29, 0.717) is 0 Å². The molecule has 1 rings (SSSR count). The number of nitrogens with zero attached hydrogens (tertiary/aromatic N) is 1. The first-order chi connectivity index (χ1) is 7.16. The maximum Gasteiger partial charge on any atom is 0.229 e. The molecular formula is C13H19NO. The van der Waals surface area contributed by atoms with Crippen molar-refractivity contribution in [1.29, 1.82) is 0 Å². The van der Waals surface area contributed by atoms with Gasteiger partial charge in [-0.2, -0.15) is 0 Å². The quantitative estimate of drug-likeness (QED) is 0.740. The molecule has 1 aromatic rings. The SMILES string of the molecule is CCCC(C(=O)N(C)C)c1ccccc1. The Morgan fingerprint density at radius 2 is 1.87 bits per heavy atom. The smallest absolute Gasteiger partial charge is 0.229 e. The first kappa shape index (κ1) is 11.8. The maximum atomic E-state index is 12.0. The Hall–Kier alpha value is -1.31. The number of hydrogen-bond donors (Lipinski definition) is 0. The molecule has 0 spiro atoms. The molecule has 2 nitrogen and oxygen atoms in total. The van der Waals surface area contributed by atoms with Gasteiger partial charge in [0.1, 0.15) is 0 Å². The molecule has 0 radical (unpaired) electrons. The fourth-order valence-corrected chi connectivity index (χ4v) is 1.72. The lowest BCUT2D eigenvalue weighted by Crippen LogP contribution is -2.28. The number of rotatable bonds is 4. The van der Waals surface area contributed by atoms with Crippen LogP contribution >= 0.6 is 0 Å².